The third-order valence-corrected chi connectivity index (χ3v) is 2.48. The first-order chi connectivity index (χ1) is 8.11. The number of methoxy groups -OCH3 is 1. The topological polar surface area (TPSA) is 84.9 Å². The molecule has 90 valence electrons. The molecule has 1 aromatic rings. The number of nitrogens with one attached hydrogen (secondary N) is 1. The summed E-state index contributed by atoms with van der Waals surface area (Å²) >= 11 is 0. The van der Waals surface area contributed by atoms with Crippen LogP contribution in [0.15, 0.2) is 18.2 Å². The summed E-state index contributed by atoms with van der Waals surface area (Å²) in [5.41, 5.74) is 0.675. The van der Waals surface area contributed by atoms with Gasteiger partial charge in [-0.25, -0.2) is 9.59 Å². The SMILES string of the molecule is COC(=O)c1cc(C2CNC(=O)O2)ccc1O. The molecule has 0 aromatic heterocycles. The average molecular weight is 237 g/mol. The van der Waals surface area contributed by atoms with Crippen LogP contribution in [0.25, 0.3) is 0 Å². The largest absolute Gasteiger partial charge is 0.507 e. The highest BCUT2D eigenvalue weighted by Gasteiger charge is 2.25. The highest BCUT2D eigenvalue weighted by Crippen LogP contribution is 2.26. The van der Waals surface area contributed by atoms with Gasteiger partial charge in [-0.2, -0.15) is 0 Å². The summed E-state index contributed by atoms with van der Waals surface area (Å²) in [6.45, 7) is 0.338. The van der Waals surface area contributed by atoms with Crippen molar-refractivity contribution in [3.63, 3.8) is 0 Å². The molecule has 6 heteroatoms. The van der Waals surface area contributed by atoms with Gasteiger partial charge in [0.25, 0.3) is 0 Å². The van der Waals surface area contributed by atoms with Crippen LogP contribution < -0.4 is 5.32 Å². The fourth-order valence-corrected chi connectivity index (χ4v) is 1.60. The van der Waals surface area contributed by atoms with E-state index >= 15 is 0 Å². The van der Waals surface area contributed by atoms with Crippen LogP contribution in [-0.4, -0.2) is 30.8 Å². The molecule has 0 saturated carbocycles. The maximum atomic E-state index is 11.4. The Kier molecular flexibility index (Phi) is 2.86. The third-order valence-electron chi connectivity index (χ3n) is 2.48. The number of alkyl carbamates (subject to hydrolysis) is 1. The summed E-state index contributed by atoms with van der Waals surface area (Å²) in [5, 5.41) is 12.0. The predicted octanol–water partition coefficient (Wildman–Crippen LogP) is 0.960. The minimum atomic E-state index is -0.637. The second-order valence-electron chi connectivity index (χ2n) is 3.54. The lowest BCUT2D eigenvalue weighted by Crippen LogP contribution is -2.12. The summed E-state index contributed by atoms with van der Waals surface area (Å²) in [7, 11) is 1.23. The number of ether oxygens (including phenoxy) is 2. The molecular weight excluding hydrogens is 226 g/mol. The van der Waals surface area contributed by atoms with Crippen LogP contribution in [0.1, 0.15) is 22.0 Å². The highest BCUT2D eigenvalue weighted by atomic mass is 16.6. The lowest BCUT2D eigenvalue weighted by molar-refractivity contribution is 0.0597. The summed E-state index contributed by atoms with van der Waals surface area (Å²) in [4.78, 5) is 22.3. The molecule has 0 aliphatic carbocycles. The predicted molar refractivity (Wildman–Crippen MR) is 56.7 cm³/mol. The number of aromatic hydroxyl groups is 1. The first kappa shape index (κ1) is 11.3. The fourth-order valence-electron chi connectivity index (χ4n) is 1.60. The number of phenols is 1. The van der Waals surface area contributed by atoms with Crippen molar-refractivity contribution in [2.24, 2.45) is 0 Å². The van der Waals surface area contributed by atoms with Crippen molar-refractivity contribution in [2.45, 2.75) is 6.10 Å². The Balaban J connectivity index is 2.30. The van der Waals surface area contributed by atoms with Crippen LogP contribution in [-0.2, 0) is 9.47 Å². The molecule has 1 fully saturated rings. The minimum Gasteiger partial charge on any atom is -0.507 e. The third kappa shape index (κ3) is 2.15. The molecular formula is C11H11NO5. The van der Waals surface area contributed by atoms with Crippen LogP contribution in [0.3, 0.4) is 0 Å². The van der Waals surface area contributed by atoms with E-state index in [2.05, 4.69) is 10.1 Å². The van der Waals surface area contributed by atoms with E-state index in [4.69, 9.17) is 4.74 Å². The number of carbonyl (C=O) groups is 2. The molecule has 0 bridgehead atoms. The Morgan fingerprint density at radius 1 is 1.59 bits per heavy atom. The van der Waals surface area contributed by atoms with E-state index in [9.17, 15) is 14.7 Å². The van der Waals surface area contributed by atoms with Gasteiger partial charge >= 0.3 is 12.1 Å². The highest BCUT2D eigenvalue weighted by molar-refractivity contribution is 5.92. The van der Waals surface area contributed by atoms with E-state index in [1.807, 2.05) is 0 Å². The Morgan fingerprint density at radius 2 is 2.35 bits per heavy atom. The Labute approximate surface area is 97.1 Å². The van der Waals surface area contributed by atoms with Crippen LogP contribution >= 0.6 is 0 Å². The van der Waals surface area contributed by atoms with E-state index < -0.39 is 18.2 Å². The van der Waals surface area contributed by atoms with Crippen LogP contribution in [0.4, 0.5) is 4.79 Å². The van der Waals surface area contributed by atoms with Gasteiger partial charge in [-0.15, -0.1) is 0 Å². The van der Waals surface area contributed by atoms with Crippen LogP contribution in [0, 0.1) is 0 Å². The molecule has 0 spiro atoms. The number of hydrogen-bond acceptors (Lipinski definition) is 5. The summed E-state index contributed by atoms with van der Waals surface area (Å²) in [6.07, 6.45) is -0.950. The Morgan fingerprint density at radius 3 is 2.94 bits per heavy atom. The molecule has 1 amide bonds. The van der Waals surface area contributed by atoms with Gasteiger partial charge in [0.05, 0.1) is 13.7 Å². The lowest BCUT2D eigenvalue weighted by atomic mass is 10.1. The first-order valence-electron chi connectivity index (χ1n) is 4.97. The molecule has 1 atom stereocenters. The number of rotatable bonds is 2. The quantitative estimate of drug-likeness (QED) is 0.748. The van der Waals surface area contributed by atoms with Gasteiger partial charge in [0.1, 0.15) is 17.4 Å². The van der Waals surface area contributed by atoms with Gasteiger partial charge in [-0.05, 0) is 17.7 Å². The van der Waals surface area contributed by atoms with Gasteiger partial charge in [0.15, 0.2) is 0 Å². The minimum absolute atomic E-state index is 0.0490. The van der Waals surface area contributed by atoms with Crippen molar-refractivity contribution < 1.29 is 24.2 Å². The molecule has 1 aliphatic rings. The Hall–Kier alpha value is -2.24. The summed E-state index contributed by atoms with van der Waals surface area (Å²) in [5.74, 6) is -0.806. The molecule has 1 heterocycles. The Bertz CT molecular complexity index is 471. The number of carbonyl (C=O) groups excluding carboxylic acids is 2. The smallest absolute Gasteiger partial charge is 0.407 e. The number of phenolic OH excluding ortho intramolecular Hbond substituents is 1. The van der Waals surface area contributed by atoms with Crippen molar-refractivity contribution >= 4 is 12.1 Å². The monoisotopic (exact) mass is 237 g/mol. The van der Waals surface area contributed by atoms with Crippen molar-refractivity contribution in [1.29, 1.82) is 0 Å². The van der Waals surface area contributed by atoms with E-state index in [0.717, 1.165) is 0 Å². The van der Waals surface area contributed by atoms with E-state index in [0.29, 0.717) is 12.1 Å². The van der Waals surface area contributed by atoms with Crippen molar-refractivity contribution in [1.82, 2.24) is 5.32 Å². The number of hydrogen-bond donors (Lipinski definition) is 2. The van der Waals surface area contributed by atoms with Crippen LogP contribution in [0.2, 0.25) is 0 Å². The number of benzene rings is 1. The second-order valence-corrected chi connectivity index (χ2v) is 3.54. The second kappa shape index (κ2) is 4.32. The standard InChI is InChI=1S/C11H11NO5/c1-16-10(14)7-4-6(2-3-8(7)13)9-5-12-11(15)17-9/h2-4,9,13H,5H2,1H3,(H,12,15). The first-order valence-corrected chi connectivity index (χ1v) is 4.97. The molecule has 1 saturated heterocycles. The number of amides is 1. The molecule has 17 heavy (non-hydrogen) atoms. The molecule has 1 unspecified atom stereocenters. The average Bonchev–Trinajstić information content (AvgIpc) is 2.75. The summed E-state index contributed by atoms with van der Waals surface area (Å²) in [6, 6.07) is 4.41. The zero-order valence-electron chi connectivity index (χ0n) is 9.10. The van der Waals surface area contributed by atoms with Crippen molar-refractivity contribution in [3.8, 4) is 5.75 Å². The van der Waals surface area contributed by atoms with E-state index in [-0.39, 0.29) is 11.3 Å². The van der Waals surface area contributed by atoms with E-state index in [1.165, 1.54) is 19.2 Å². The maximum Gasteiger partial charge on any atom is 0.407 e. The molecule has 2 rings (SSSR count). The van der Waals surface area contributed by atoms with Crippen molar-refractivity contribution in [2.75, 3.05) is 13.7 Å². The maximum absolute atomic E-state index is 11.4. The number of cyclic esters (lactones) is 1. The molecule has 1 aliphatic heterocycles. The van der Waals surface area contributed by atoms with E-state index in [1.54, 1.807) is 6.07 Å². The lowest BCUT2D eigenvalue weighted by Gasteiger charge is -2.10. The van der Waals surface area contributed by atoms with Gasteiger partial charge in [-0.1, -0.05) is 6.07 Å². The van der Waals surface area contributed by atoms with Crippen LogP contribution in [0.5, 0.6) is 5.75 Å². The van der Waals surface area contributed by atoms with Crippen molar-refractivity contribution in [3.05, 3.63) is 29.3 Å². The zero-order chi connectivity index (χ0) is 12.4. The molecule has 6 nitrogen and oxygen atoms in total. The number of esters is 1. The molecule has 1 aromatic carbocycles. The molecule has 0 radical (unpaired) electrons. The molecule has 2 N–H and O–H groups in total. The van der Waals surface area contributed by atoms with Gasteiger partial charge in [0.2, 0.25) is 0 Å². The normalized spacial score (nSPS) is 18.4. The fraction of sp³-hybridized carbons (Fsp3) is 0.273. The van der Waals surface area contributed by atoms with Gasteiger partial charge < -0.3 is 19.9 Å². The zero-order valence-corrected chi connectivity index (χ0v) is 9.10. The van der Waals surface area contributed by atoms with Gasteiger partial charge in [-0.3, -0.25) is 0 Å². The van der Waals surface area contributed by atoms with Gasteiger partial charge in [0, 0.05) is 0 Å². The summed E-state index contributed by atoms with van der Waals surface area (Å²) < 4.78 is 9.51.